The van der Waals surface area contributed by atoms with E-state index in [4.69, 9.17) is 20.2 Å². The third kappa shape index (κ3) is 17.8. The Balaban J connectivity index is 0.000000124. The van der Waals surface area contributed by atoms with Crippen LogP contribution in [0.15, 0.2) is 497 Å². The predicted molar refractivity (Wildman–Crippen MR) is 546 cm³/mol. The highest BCUT2D eigenvalue weighted by Crippen LogP contribution is 2.44. The summed E-state index contributed by atoms with van der Waals surface area (Å²) >= 11 is 0. The monoisotopic (exact) mass is 1680 g/mol. The minimum absolute atomic E-state index is 0.665. The Labute approximate surface area is 768 Å². The maximum atomic E-state index is 9.23. The van der Waals surface area contributed by atoms with Gasteiger partial charge in [0.1, 0.15) is 0 Å². The van der Waals surface area contributed by atoms with Crippen LogP contribution in [-0.2, 0) is 0 Å². The summed E-state index contributed by atoms with van der Waals surface area (Å²) in [6, 6.07) is 180. The standard InChI is InChI=1S/C46H30N2.2C40H26N2/c47-31-32-15-17-33(18-16-32)34-19-23-36(24-20-34)41-27-28-42(44-14-8-7-13-43(41)44)37-25-21-35(22-26-37)40-29-45(38-9-3-1-4-10-38)48-46(30-40)39-11-5-2-6-12-39;41-27-28-18-20-29(21-19-28)35-22-23-36(38-17-8-7-16-37(35)38)33-15-9-14-32(24-33)34-25-39(30-10-3-1-4-11-30)42-40(26-34)31-12-5-2-6-13-31;41-27-28-15-17-30(18-16-28)35-23-24-36(38-14-8-7-13-37(35)38)31-21-19-29(20-22-31)34-25-39(32-9-3-1-4-10-32)42-40(26-34)33-11-5-2-6-12-33/h1-30H;2*1-26H. The number of pyridine rings is 3. The van der Waals surface area contributed by atoms with Crippen molar-refractivity contribution in [3.63, 3.8) is 0 Å². The topological polar surface area (TPSA) is 110 Å². The van der Waals surface area contributed by atoms with Crippen molar-refractivity contribution in [2.75, 3.05) is 0 Å². The first-order chi connectivity index (χ1) is 65.3. The lowest BCUT2D eigenvalue weighted by atomic mass is 9.90. The van der Waals surface area contributed by atoms with Gasteiger partial charge in [-0.3, -0.25) is 0 Å². The summed E-state index contributed by atoms with van der Waals surface area (Å²) in [4.78, 5) is 15.1. The summed E-state index contributed by atoms with van der Waals surface area (Å²) in [5, 5.41) is 34.8. The smallest absolute Gasteiger partial charge is 0.0991 e. The highest BCUT2D eigenvalue weighted by atomic mass is 14.7. The molecular formula is C126H82N6. The fourth-order valence-electron chi connectivity index (χ4n) is 17.6. The minimum Gasteiger partial charge on any atom is -0.248 e. The van der Waals surface area contributed by atoms with E-state index in [1.165, 1.54) is 71.3 Å². The van der Waals surface area contributed by atoms with Gasteiger partial charge in [-0.1, -0.05) is 419 Å². The van der Waals surface area contributed by atoms with Gasteiger partial charge in [0.2, 0.25) is 0 Å². The second kappa shape index (κ2) is 38.0. The Morgan fingerprint density at radius 2 is 0.288 bits per heavy atom. The lowest BCUT2D eigenvalue weighted by Crippen LogP contribution is -1.91. The quantitative estimate of drug-likeness (QED) is 0.0953. The molecule has 0 spiro atoms. The summed E-state index contributed by atoms with van der Waals surface area (Å²) in [5.41, 5.74) is 37.4. The molecular weight excluding hydrogens is 1600 g/mol. The number of nitrogens with zero attached hydrogens (tertiary/aromatic N) is 6. The van der Waals surface area contributed by atoms with Gasteiger partial charge in [0.25, 0.3) is 0 Å². The van der Waals surface area contributed by atoms with Gasteiger partial charge in [-0.2, -0.15) is 15.8 Å². The molecule has 22 aromatic rings. The SMILES string of the molecule is N#Cc1ccc(-c2ccc(-c3ccc(-c4cc(-c5ccccc5)nc(-c5ccccc5)c4)cc3)c3ccccc23)cc1.N#Cc1ccc(-c2ccc(-c3ccc(-c4ccc(-c5cc(-c6ccccc6)nc(-c6ccccc6)c5)cc4)c4ccccc34)cc2)cc1.N#Cc1ccc(-c2ccc(-c3cccc(-c4cc(-c5ccccc5)nc(-c5ccccc5)c4)c3)c3ccccc23)cc1. The van der Waals surface area contributed by atoms with Gasteiger partial charge in [0, 0.05) is 33.4 Å². The molecule has 3 heterocycles. The van der Waals surface area contributed by atoms with E-state index >= 15 is 0 Å². The van der Waals surface area contributed by atoms with Gasteiger partial charge in [-0.05, 0) is 222 Å². The molecule has 0 aliphatic carbocycles. The number of aromatic nitrogens is 3. The molecule has 132 heavy (non-hydrogen) atoms. The Hall–Kier alpha value is -18.1. The summed E-state index contributed by atoms with van der Waals surface area (Å²) < 4.78 is 0. The van der Waals surface area contributed by atoms with Crippen molar-refractivity contribution >= 4 is 32.3 Å². The molecule has 0 unspecified atom stereocenters. The van der Waals surface area contributed by atoms with Crippen LogP contribution in [0.1, 0.15) is 16.7 Å². The molecule has 0 radical (unpaired) electrons. The van der Waals surface area contributed by atoms with E-state index in [9.17, 15) is 10.5 Å². The van der Waals surface area contributed by atoms with Crippen molar-refractivity contribution in [1.82, 2.24) is 15.0 Å². The Morgan fingerprint density at radius 1 is 0.121 bits per heavy atom. The summed E-state index contributed by atoms with van der Waals surface area (Å²) in [6.45, 7) is 0. The highest BCUT2D eigenvalue weighted by molar-refractivity contribution is 6.08. The maximum Gasteiger partial charge on any atom is 0.0991 e. The molecule has 0 saturated heterocycles. The Kier molecular flexibility index (Phi) is 23.6. The predicted octanol–water partition coefficient (Wildman–Crippen LogP) is 33.0. The van der Waals surface area contributed by atoms with Crippen LogP contribution in [0, 0.1) is 34.0 Å². The van der Waals surface area contributed by atoms with Crippen molar-refractivity contribution in [1.29, 1.82) is 15.8 Å². The van der Waals surface area contributed by atoms with E-state index < -0.39 is 0 Å². The molecule has 0 N–H and O–H groups in total. The first kappa shape index (κ1) is 82.2. The van der Waals surface area contributed by atoms with Gasteiger partial charge in [-0.15, -0.1) is 0 Å². The first-order valence-electron chi connectivity index (χ1n) is 44.2. The number of fused-ring (bicyclic) bond motifs is 3. The van der Waals surface area contributed by atoms with Crippen LogP contribution in [0.25, 0.3) is 211 Å². The van der Waals surface area contributed by atoms with Crippen LogP contribution in [0.4, 0.5) is 0 Å². The van der Waals surface area contributed by atoms with E-state index in [0.29, 0.717) is 16.7 Å². The van der Waals surface area contributed by atoms with Crippen LogP contribution in [0.5, 0.6) is 0 Å². The largest absolute Gasteiger partial charge is 0.248 e. The second-order valence-electron chi connectivity index (χ2n) is 32.6. The second-order valence-corrected chi connectivity index (χ2v) is 32.6. The lowest BCUT2D eigenvalue weighted by Gasteiger charge is -2.14. The van der Waals surface area contributed by atoms with Gasteiger partial charge < -0.3 is 0 Å². The summed E-state index contributed by atoms with van der Waals surface area (Å²) in [5.74, 6) is 0. The molecule has 6 heteroatoms. The van der Waals surface area contributed by atoms with E-state index in [-0.39, 0.29) is 0 Å². The summed E-state index contributed by atoms with van der Waals surface area (Å²) in [7, 11) is 0. The molecule has 6 nitrogen and oxygen atoms in total. The van der Waals surface area contributed by atoms with Crippen molar-refractivity contribution in [3.8, 4) is 197 Å². The molecule has 3 aromatic heterocycles. The van der Waals surface area contributed by atoms with Crippen molar-refractivity contribution in [3.05, 3.63) is 514 Å². The molecule has 0 aliphatic rings. The van der Waals surface area contributed by atoms with Crippen LogP contribution >= 0.6 is 0 Å². The number of benzene rings is 19. The minimum atomic E-state index is 0.665. The van der Waals surface area contributed by atoms with Crippen LogP contribution in [0.2, 0.25) is 0 Å². The van der Waals surface area contributed by atoms with Gasteiger partial charge in [-0.25, -0.2) is 15.0 Å². The molecule has 22 rings (SSSR count). The van der Waals surface area contributed by atoms with Crippen molar-refractivity contribution in [2.24, 2.45) is 0 Å². The fourth-order valence-corrected chi connectivity index (χ4v) is 17.6. The zero-order valence-corrected chi connectivity index (χ0v) is 72.0. The molecule has 616 valence electrons. The average Bonchev–Trinajstić information content (AvgIpc) is 0.776. The molecule has 19 aromatic carbocycles. The number of nitriles is 3. The summed E-state index contributed by atoms with van der Waals surface area (Å²) in [6.07, 6.45) is 0. The molecule has 0 fully saturated rings. The third-order valence-electron chi connectivity index (χ3n) is 24.4. The van der Waals surface area contributed by atoms with Gasteiger partial charge in [0.05, 0.1) is 69.1 Å². The van der Waals surface area contributed by atoms with E-state index in [0.717, 1.165) is 140 Å². The van der Waals surface area contributed by atoms with E-state index in [1.807, 2.05) is 109 Å². The van der Waals surface area contributed by atoms with Crippen molar-refractivity contribution < 1.29 is 0 Å². The molecule has 0 aliphatic heterocycles. The van der Waals surface area contributed by atoms with E-state index in [1.54, 1.807) is 0 Å². The number of hydrogen-bond acceptors (Lipinski definition) is 6. The normalized spacial score (nSPS) is 10.9. The highest BCUT2D eigenvalue weighted by Gasteiger charge is 2.19. The third-order valence-corrected chi connectivity index (χ3v) is 24.4. The average molecular weight is 1680 g/mol. The molecule has 0 atom stereocenters. The van der Waals surface area contributed by atoms with Crippen molar-refractivity contribution in [2.45, 2.75) is 0 Å². The lowest BCUT2D eigenvalue weighted by molar-refractivity contribution is 1.32. The zero-order valence-electron chi connectivity index (χ0n) is 72.0. The first-order valence-corrected chi connectivity index (χ1v) is 44.2. The van der Waals surface area contributed by atoms with Crippen LogP contribution in [-0.4, -0.2) is 15.0 Å². The van der Waals surface area contributed by atoms with Crippen LogP contribution in [0.3, 0.4) is 0 Å². The number of hydrogen-bond donors (Lipinski definition) is 0. The Morgan fingerprint density at radius 3 is 0.515 bits per heavy atom. The van der Waals surface area contributed by atoms with Gasteiger partial charge in [0.15, 0.2) is 0 Å². The number of rotatable bonds is 16. The van der Waals surface area contributed by atoms with E-state index in [2.05, 4.69) is 406 Å². The van der Waals surface area contributed by atoms with Crippen LogP contribution < -0.4 is 0 Å². The fraction of sp³-hybridized carbons (Fsp3) is 0. The maximum absolute atomic E-state index is 9.23. The molecule has 0 bridgehead atoms. The molecule has 0 amide bonds. The zero-order chi connectivity index (χ0) is 88.9. The molecule has 0 saturated carbocycles. The van der Waals surface area contributed by atoms with Gasteiger partial charge >= 0.3 is 0 Å². The Bertz CT molecular complexity index is 7880.